The maximum Gasteiger partial charge on any atom is 0.322 e. The van der Waals surface area contributed by atoms with E-state index in [1.165, 1.54) is 12.1 Å². The second-order valence-electron chi connectivity index (χ2n) is 4.58. The number of hydrazone groups is 1. The zero-order valence-electron chi connectivity index (χ0n) is 12.0. The number of anilines is 1. The predicted octanol–water partition coefficient (Wildman–Crippen LogP) is -0.294. The van der Waals surface area contributed by atoms with Gasteiger partial charge in [-0.2, -0.15) is 5.10 Å². The summed E-state index contributed by atoms with van der Waals surface area (Å²) in [5.41, 5.74) is 1.38. The number of imide groups is 1. The molecular formula is C13H12F2N6O3. The average molecular weight is 338 g/mol. The second-order valence-corrected chi connectivity index (χ2v) is 4.58. The first kappa shape index (κ1) is 17.0. The van der Waals surface area contributed by atoms with Crippen LogP contribution in [0.15, 0.2) is 23.3 Å². The van der Waals surface area contributed by atoms with E-state index in [1.54, 1.807) is 0 Å². The van der Waals surface area contributed by atoms with E-state index in [9.17, 15) is 23.2 Å². The Kier molecular flexibility index (Phi) is 5.14. The minimum absolute atomic E-state index is 0.225. The zero-order valence-corrected chi connectivity index (χ0v) is 12.0. The highest BCUT2D eigenvalue weighted by atomic mass is 19.2. The topological polar surface area (TPSA) is 136 Å². The van der Waals surface area contributed by atoms with Gasteiger partial charge in [-0.25, -0.2) is 13.6 Å². The van der Waals surface area contributed by atoms with Gasteiger partial charge in [0.15, 0.2) is 17.3 Å². The highest BCUT2D eigenvalue weighted by Crippen LogP contribution is 2.16. The molecule has 0 spiro atoms. The van der Waals surface area contributed by atoms with Gasteiger partial charge in [0.05, 0.1) is 11.9 Å². The Hall–Kier alpha value is -3.37. The molecule has 1 aliphatic heterocycles. The van der Waals surface area contributed by atoms with Crippen LogP contribution in [0.25, 0.3) is 0 Å². The molecular weight excluding hydrogens is 326 g/mol. The molecule has 1 aliphatic rings. The highest BCUT2D eigenvalue weighted by Gasteiger charge is 2.29. The Labute approximate surface area is 134 Å². The Morgan fingerprint density at radius 3 is 2.75 bits per heavy atom. The van der Waals surface area contributed by atoms with Crippen molar-refractivity contribution in [1.29, 1.82) is 5.41 Å². The summed E-state index contributed by atoms with van der Waals surface area (Å²) >= 11 is 0. The molecule has 4 amide bonds. The van der Waals surface area contributed by atoms with Crippen LogP contribution in [0, 0.1) is 17.0 Å². The third-order valence-electron chi connectivity index (χ3n) is 2.94. The molecule has 24 heavy (non-hydrogen) atoms. The van der Waals surface area contributed by atoms with Crippen LogP contribution in [-0.4, -0.2) is 42.4 Å². The van der Waals surface area contributed by atoms with Gasteiger partial charge in [-0.1, -0.05) is 6.07 Å². The van der Waals surface area contributed by atoms with E-state index in [0.717, 1.165) is 6.07 Å². The molecule has 1 aromatic carbocycles. The molecule has 1 atom stereocenters. The van der Waals surface area contributed by atoms with E-state index in [4.69, 9.17) is 5.41 Å². The molecule has 0 aromatic heterocycles. The number of hydrogen-bond acceptors (Lipinski definition) is 6. The lowest BCUT2D eigenvalue weighted by atomic mass is 10.3. The molecule has 0 aliphatic carbocycles. The molecule has 1 aromatic rings. The Bertz CT molecular complexity index is 736. The summed E-state index contributed by atoms with van der Waals surface area (Å²) < 4.78 is 26.5. The van der Waals surface area contributed by atoms with Gasteiger partial charge >= 0.3 is 6.03 Å². The van der Waals surface area contributed by atoms with Crippen LogP contribution in [0.1, 0.15) is 0 Å². The van der Waals surface area contributed by atoms with E-state index in [1.807, 2.05) is 5.32 Å². The number of rotatable bonds is 6. The first-order valence-electron chi connectivity index (χ1n) is 6.60. The van der Waals surface area contributed by atoms with E-state index in [0.29, 0.717) is 6.21 Å². The molecule has 5 N–H and O–H groups in total. The zero-order chi connectivity index (χ0) is 17.7. The van der Waals surface area contributed by atoms with Crippen molar-refractivity contribution in [1.82, 2.24) is 16.0 Å². The number of amides is 4. The maximum atomic E-state index is 13.4. The van der Waals surface area contributed by atoms with Crippen LogP contribution in [-0.2, 0) is 9.59 Å². The molecule has 9 nitrogen and oxygen atoms in total. The Morgan fingerprint density at radius 2 is 2.12 bits per heavy atom. The number of halogens is 2. The molecule has 1 fully saturated rings. The SMILES string of the molecule is N=C/C(=N\Nc1cccc(F)c1F)C(=O)NCC1NC(=O)NC1=O. The maximum absolute atomic E-state index is 13.4. The third-order valence-corrected chi connectivity index (χ3v) is 2.94. The van der Waals surface area contributed by atoms with Crippen LogP contribution >= 0.6 is 0 Å². The minimum atomic E-state index is -1.18. The first-order valence-corrected chi connectivity index (χ1v) is 6.60. The number of nitrogens with zero attached hydrogens (tertiary/aromatic N) is 1. The predicted molar refractivity (Wildman–Crippen MR) is 79.7 cm³/mol. The standard InChI is InChI=1S/C13H12F2N6O3/c14-6-2-1-3-7(10(6)15)20-21-8(4-16)11(22)17-5-9-12(23)19-13(24)18-9/h1-4,9,16,20H,5H2,(H,17,22)(H2,18,19,23,24)/b16-4?,21-8+. The van der Waals surface area contributed by atoms with E-state index in [2.05, 4.69) is 21.2 Å². The molecule has 1 saturated heterocycles. The lowest BCUT2D eigenvalue weighted by molar-refractivity contribution is -0.120. The number of nitrogens with one attached hydrogen (secondary N) is 5. The lowest BCUT2D eigenvalue weighted by Gasteiger charge is -2.09. The quantitative estimate of drug-likeness (QED) is 0.276. The summed E-state index contributed by atoms with van der Waals surface area (Å²) in [5.74, 6) is -3.73. The van der Waals surface area contributed by atoms with E-state index in [-0.39, 0.29) is 12.2 Å². The fourth-order valence-corrected chi connectivity index (χ4v) is 1.75. The monoisotopic (exact) mass is 338 g/mol. The van der Waals surface area contributed by atoms with Crippen LogP contribution in [0.4, 0.5) is 19.3 Å². The van der Waals surface area contributed by atoms with Gasteiger partial charge in [0.2, 0.25) is 0 Å². The molecule has 0 bridgehead atoms. The van der Waals surface area contributed by atoms with Crippen molar-refractivity contribution in [2.75, 3.05) is 12.0 Å². The van der Waals surface area contributed by atoms with Crippen molar-refractivity contribution in [2.24, 2.45) is 5.10 Å². The van der Waals surface area contributed by atoms with Gasteiger partial charge < -0.3 is 16.0 Å². The van der Waals surface area contributed by atoms with Gasteiger partial charge in [-0.3, -0.25) is 20.3 Å². The number of benzene rings is 1. The fraction of sp³-hybridized carbons (Fsp3) is 0.154. The van der Waals surface area contributed by atoms with Gasteiger partial charge in [0, 0.05) is 6.54 Å². The van der Waals surface area contributed by atoms with Crippen LogP contribution < -0.4 is 21.4 Å². The summed E-state index contributed by atoms with van der Waals surface area (Å²) in [7, 11) is 0. The van der Waals surface area contributed by atoms with Gasteiger partial charge in [0.25, 0.3) is 11.8 Å². The lowest BCUT2D eigenvalue weighted by Crippen LogP contribution is -2.44. The van der Waals surface area contributed by atoms with Crippen molar-refractivity contribution in [3.63, 3.8) is 0 Å². The van der Waals surface area contributed by atoms with Crippen molar-refractivity contribution in [3.05, 3.63) is 29.8 Å². The highest BCUT2D eigenvalue weighted by molar-refractivity contribution is 6.60. The summed E-state index contributed by atoms with van der Waals surface area (Å²) in [6.45, 7) is -0.225. The summed E-state index contributed by atoms with van der Waals surface area (Å²) in [4.78, 5) is 34.1. The van der Waals surface area contributed by atoms with Gasteiger partial charge in [-0.05, 0) is 12.1 Å². The molecule has 2 rings (SSSR count). The van der Waals surface area contributed by atoms with Crippen LogP contribution in [0.5, 0.6) is 0 Å². The van der Waals surface area contributed by atoms with Crippen LogP contribution in [0.2, 0.25) is 0 Å². The normalized spacial score (nSPS) is 17.1. The third kappa shape index (κ3) is 3.88. The molecule has 1 heterocycles. The fourth-order valence-electron chi connectivity index (χ4n) is 1.75. The van der Waals surface area contributed by atoms with Crippen molar-refractivity contribution >= 4 is 35.5 Å². The minimum Gasteiger partial charge on any atom is -0.348 e. The Balaban J connectivity index is 1.98. The summed E-state index contributed by atoms with van der Waals surface area (Å²) in [6.07, 6.45) is 0.590. The average Bonchev–Trinajstić information content (AvgIpc) is 2.87. The largest absolute Gasteiger partial charge is 0.348 e. The van der Waals surface area contributed by atoms with Gasteiger partial charge in [-0.15, -0.1) is 0 Å². The molecule has 0 radical (unpaired) electrons. The van der Waals surface area contributed by atoms with Crippen molar-refractivity contribution in [3.8, 4) is 0 Å². The molecule has 11 heteroatoms. The number of carbonyl (C=O) groups is 3. The van der Waals surface area contributed by atoms with Crippen molar-refractivity contribution in [2.45, 2.75) is 6.04 Å². The second kappa shape index (κ2) is 7.26. The number of urea groups is 1. The molecule has 1 unspecified atom stereocenters. The molecule has 0 saturated carbocycles. The number of hydrogen-bond donors (Lipinski definition) is 5. The number of carbonyl (C=O) groups excluding carboxylic acids is 3. The first-order chi connectivity index (χ1) is 11.4. The van der Waals surface area contributed by atoms with Crippen molar-refractivity contribution < 1.29 is 23.2 Å². The van der Waals surface area contributed by atoms with E-state index < -0.39 is 41.2 Å². The smallest absolute Gasteiger partial charge is 0.322 e. The van der Waals surface area contributed by atoms with Crippen LogP contribution in [0.3, 0.4) is 0 Å². The molecule has 126 valence electrons. The Morgan fingerprint density at radius 1 is 1.38 bits per heavy atom. The van der Waals surface area contributed by atoms with Gasteiger partial charge in [0.1, 0.15) is 6.04 Å². The summed E-state index contributed by atoms with van der Waals surface area (Å²) in [5, 5.41) is 17.2. The van der Waals surface area contributed by atoms with E-state index >= 15 is 0 Å². The summed E-state index contributed by atoms with van der Waals surface area (Å²) in [6, 6.07) is 1.72.